The molecule has 0 fully saturated rings. The van der Waals surface area contributed by atoms with Gasteiger partial charge in [-0.1, -0.05) is 23.2 Å². The third kappa shape index (κ3) is 2.61. The number of ether oxygens (including phenoxy) is 1. The van der Waals surface area contributed by atoms with Crippen molar-refractivity contribution < 1.29 is 4.74 Å². The molecule has 1 aromatic carbocycles. The van der Waals surface area contributed by atoms with Crippen LogP contribution in [0.1, 0.15) is 0 Å². The third-order valence-electron chi connectivity index (χ3n) is 1.70. The molecule has 1 aromatic heterocycles. The van der Waals surface area contributed by atoms with Gasteiger partial charge in [0.05, 0.1) is 5.02 Å². The summed E-state index contributed by atoms with van der Waals surface area (Å²) in [4.78, 5) is 3.97. The fourth-order valence-electron chi connectivity index (χ4n) is 1.04. The number of hydrogen-bond donors (Lipinski definition) is 0. The number of halogens is 2. The summed E-state index contributed by atoms with van der Waals surface area (Å²) in [5, 5.41) is 1.03. The van der Waals surface area contributed by atoms with E-state index < -0.39 is 0 Å². The molecule has 2 rings (SSSR count). The number of benzene rings is 1. The van der Waals surface area contributed by atoms with Gasteiger partial charge in [0.1, 0.15) is 5.75 Å². The molecular weight excluding hydrogens is 233 g/mol. The van der Waals surface area contributed by atoms with E-state index in [0.29, 0.717) is 21.7 Å². The minimum Gasteiger partial charge on any atom is -0.437 e. The molecule has 0 unspecified atom stereocenters. The van der Waals surface area contributed by atoms with Crippen LogP contribution < -0.4 is 4.74 Å². The maximum Gasteiger partial charge on any atom is 0.219 e. The highest BCUT2D eigenvalue weighted by Gasteiger charge is 2.03. The average Bonchev–Trinajstić information content (AvgIpc) is 2.24. The minimum atomic E-state index is 0.456. The Morgan fingerprint density at radius 2 is 2.07 bits per heavy atom. The monoisotopic (exact) mass is 238 g/mol. The highest BCUT2D eigenvalue weighted by molar-refractivity contribution is 6.35. The lowest BCUT2D eigenvalue weighted by molar-refractivity contribution is 0.463. The number of rotatable bonds is 2. The molecule has 0 aliphatic rings. The quantitative estimate of drug-likeness (QED) is 0.790. The van der Waals surface area contributed by atoms with E-state index in [9.17, 15) is 0 Å². The highest BCUT2D eigenvalue weighted by atomic mass is 35.5. The Hall–Kier alpha value is -1.25. The molecule has 0 saturated carbocycles. The Morgan fingerprint density at radius 3 is 2.73 bits per heavy atom. The molecule has 15 heavy (non-hydrogen) atoms. The van der Waals surface area contributed by atoms with Gasteiger partial charge in [-0.05, 0) is 24.3 Å². The largest absolute Gasteiger partial charge is 0.437 e. The van der Waals surface area contributed by atoms with Crippen molar-refractivity contribution in [2.45, 2.75) is 0 Å². The summed E-state index contributed by atoms with van der Waals surface area (Å²) in [7, 11) is 0. The first-order valence-corrected chi connectivity index (χ1v) is 4.96. The van der Waals surface area contributed by atoms with Gasteiger partial charge in [-0.25, -0.2) is 4.98 Å². The molecule has 0 bridgehead atoms. The van der Waals surface area contributed by atoms with Gasteiger partial charge >= 0.3 is 0 Å². The summed E-state index contributed by atoms with van der Waals surface area (Å²) in [5.74, 6) is 0.998. The van der Waals surface area contributed by atoms with Crippen molar-refractivity contribution in [2.24, 2.45) is 0 Å². The summed E-state index contributed by atoms with van der Waals surface area (Å²) in [6.07, 6.45) is 1.53. The van der Waals surface area contributed by atoms with E-state index in [0.717, 1.165) is 0 Å². The summed E-state index contributed by atoms with van der Waals surface area (Å²) < 4.78 is 5.44. The zero-order valence-corrected chi connectivity index (χ0v) is 9.09. The Bertz CT molecular complexity index is 459. The normalized spacial score (nSPS) is 10.0. The molecule has 1 heterocycles. The molecule has 0 aliphatic heterocycles. The highest BCUT2D eigenvalue weighted by Crippen LogP contribution is 2.30. The number of pyridine rings is 1. The first-order valence-electron chi connectivity index (χ1n) is 4.21. The molecule has 75 valence electrons. The first-order chi connectivity index (χ1) is 7.25. The van der Waals surface area contributed by atoms with Crippen LogP contribution in [0.15, 0.2) is 36.5 Å². The van der Waals surface area contributed by atoms with Gasteiger partial charge in [0.25, 0.3) is 0 Å². The van der Waals surface area contributed by atoms with Crippen molar-refractivity contribution in [3.63, 3.8) is 0 Å². The van der Waals surface area contributed by atoms with Crippen LogP contribution in [0.3, 0.4) is 0 Å². The molecule has 2 nitrogen and oxygen atoms in total. The topological polar surface area (TPSA) is 22.1 Å². The second-order valence-corrected chi connectivity index (χ2v) is 3.62. The van der Waals surface area contributed by atoms with E-state index in [4.69, 9.17) is 27.9 Å². The van der Waals surface area contributed by atoms with Crippen LogP contribution in [0, 0.1) is 6.07 Å². The van der Waals surface area contributed by atoms with Gasteiger partial charge in [-0.3, -0.25) is 0 Å². The number of nitrogens with zero attached hydrogens (tertiary/aromatic N) is 1. The van der Waals surface area contributed by atoms with Gasteiger partial charge < -0.3 is 4.74 Å². The van der Waals surface area contributed by atoms with Gasteiger partial charge in [-0.15, -0.1) is 0 Å². The van der Waals surface area contributed by atoms with E-state index in [1.165, 1.54) is 6.20 Å². The van der Waals surface area contributed by atoms with Crippen molar-refractivity contribution in [2.75, 3.05) is 0 Å². The van der Waals surface area contributed by atoms with Crippen molar-refractivity contribution >= 4 is 23.2 Å². The molecular formula is C11H6Cl2NO. The number of hydrogen-bond acceptors (Lipinski definition) is 2. The Balaban J connectivity index is 2.25. The molecule has 2 aromatic rings. The van der Waals surface area contributed by atoms with Crippen LogP contribution in [0.2, 0.25) is 10.0 Å². The maximum absolute atomic E-state index is 5.93. The standard InChI is InChI=1S/C11H6Cl2NO/c12-8-4-5-10(9(13)7-8)15-11-3-1-2-6-14-11/h1,3-7H. The predicted molar refractivity (Wildman–Crippen MR) is 59.6 cm³/mol. The molecule has 0 amide bonds. The van der Waals surface area contributed by atoms with E-state index in [1.54, 1.807) is 30.3 Å². The molecule has 0 atom stereocenters. The third-order valence-corrected chi connectivity index (χ3v) is 2.23. The lowest BCUT2D eigenvalue weighted by Crippen LogP contribution is -1.87. The average molecular weight is 239 g/mol. The van der Waals surface area contributed by atoms with Crippen molar-refractivity contribution in [3.8, 4) is 11.6 Å². The van der Waals surface area contributed by atoms with Crippen LogP contribution in [-0.4, -0.2) is 4.98 Å². The molecule has 1 radical (unpaired) electrons. The molecule has 0 N–H and O–H groups in total. The zero-order valence-electron chi connectivity index (χ0n) is 7.58. The summed E-state index contributed by atoms with van der Waals surface area (Å²) >= 11 is 11.7. The van der Waals surface area contributed by atoms with E-state index in [-0.39, 0.29) is 0 Å². The van der Waals surface area contributed by atoms with Crippen molar-refractivity contribution in [1.82, 2.24) is 4.98 Å². The Morgan fingerprint density at radius 1 is 1.20 bits per heavy atom. The molecule has 0 aliphatic carbocycles. The van der Waals surface area contributed by atoms with Gasteiger partial charge in [-0.2, -0.15) is 0 Å². The first kappa shape index (κ1) is 10.3. The second kappa shape index (κ2) is 4.51. The van der Waals surface area contributed by atoms with Crippen LogP contribution in [0.25, 0.3) is 0 Å². The van der Waals surface area contributed by atoms with Crippen LogP contribution in [0.4, 0.5) is 0 Å². The summed E-state index contributed by atoms with van der Waals surface area (Å²) in [6, 6.07) is 11.2. The lowest BCUT2D eigenvalue weighted by atomic mass is 10.3. The second-order valence-electron chi connectivity index (χ2n) is 2.77. The van der Waals surface area contributed by atoms with E-state index in [2.05, 4.69) is 11.1 Å². The molecule has 0 saturated heterocycles. The zero-order chi connectivity index (χ0) is 10.7. The van der Waals surface area contributed by atoms with E-state index >= 15 is 0 Å². The van der Waals surface area contributed by atoms with Gasteiger partial charge in [0, 0.05) is 23.4 Å². The Kier molecular flexibility index (Phi) is 3.09. The fourth-order valence-corrected chi connectivity index (χ4v) is 1.48. The smallest absolute Gasteiger partial charge is 0.219 e. The number of aromatic nitrogens is 1. The van der Waals surface area contributed by atoms with E-state index in [1.807, 2.05) is 0 Å². The van der Waals surface area contributed by atoms with Gasteiger partial charge in [0.15, 0.2) is 0 Å². The van der Waals surface area contributed by atoms with Crippen LogP contribution in [0.5, 0.6) is 11.6 Å². The summed E-state index contributed by atoms with van der Waals surface area (Å²) in [6.45, 7) is 0. The SMILES string of the molecule is Clc1ccc(Oc2cc[c]cn2)c(Cl)c1. The summed E-state index contributed by atoms with van der Waals surface area (Å²) in [5.41, 5.74) is 0. The maximum atomic E-state index is 5.93. The molecule has 0 spiro atoms. The predicted octanol–water partition coefficient (Wildman–Crippen LogP) is 3.98. The Labute approximate surface area is 97.4 Å². The molecule has 4 heteroatoms. The fraction of sp³-hybridized carbons (Fsp3) is 0. The van der Waals surface area contributed by atoms with Crippen molar-refractivity contribution in [1.29, 1.82) is 0 Å². The van der Waals surface area contributed by atoms with Crippen LogP contribution >= 0.6 is 23.2 Å². The van der Waals surface area contributed by atoms with Crippen molar-refractivity contribution in [3.05, 3.63) is 52.6 Å². The lowest BCUT2D eigenvalue weighted by Gasteiger charge is -2.05. The minimum absolute atomic E-state index is 0.456. The van der Waals surface area contributed by atoms with Gasteiger partial charge in [0.2, 0.25) is 5.88 Å². The van der Waals surface area contributed by atoms with Crippen LogP contribution in [-0.2, 0) is 0 Å².